The van der Waals surface area contributed by atoms with Crippen molar-refractivity contribution in [2.75, 3.05) is 0 Å². The minimum absolute atomic E-state index is 0.0652. The van der Waals surface area contributed by atoms with Gasteiger partial charge in [0.25, 0.3) is 0 Å². The molecule has 0 aliphatic carbocycles. The highest BCUT2D eigenvalue weighted by Gasteiger charge is 2.18. The SMILES string of the molecule is Cc1c(C(=O)O)ccc(CO)c1C(=O)O. The predicted octanol–water partition coefficient (Wildman–Crippen LogP) is 0.884. The summed E-state index contributed by atoms with van der Waals surface area (Å²) in [5.41, 5.74) is 0.161. The summed E-state index contributed by atoms with van der Waals surface area (Å²) in [5, 5.41) is 26.6. The molecule has 0 aromatic heterocycles. The van der Waals surface area contributed by atoms with Crippen LogP contribution >= 0.6 is 0 Å². The van der Waals surface area contributed by atoms with Crippen molar-refractivity contribution in [1.82, 2.24) is 0 Å². The first-order valence-electron chi connectivity index (χ1n) is 4.19. The summed E-state index contributed by atoms with van der Waals surface area (Å²) in [6, 6.07) is 2.59. The number of carboxylic acid groups (broad SMARTS) is 2. The van der Waals surface area contributed by atoms with E-state index < -0.39 is 18.5 Å². The normalized spacial score (nSPS) is 10.0. The van der Waals surface area contributed by atoms with Gasteiger partial charge in [0.15, 0.2) is 0 Å². The van der Waals surface area contributed by atoms with Crippen LogP contribution in [0.3, 0.4) is 0 Å². The second-order valence-corrected chi connectivity index (χ2v) is 3.04. The Morgan fingerprint density at radius 3 is 2.20 bits per heavy atom. The van der Waals surface area contributed by atoms with Gasteiger partial charge in [-0.3, -0.25) is 0 Å². The molecule has 15 heavy (non-hydrogen) atoms. The van der Waals surface area contributed by atoms with E-state index in [1.54, 1.807) is 0 Å². The van der Waals surface area contributed by atoms with E-state index in [-0.39, 0.29) is 22.3 Å². The van der Waals surface area contributed by atoms with E-state index in [1.807, 2.05) is 0 Å². The Morgan fingerprint density at radius 2 is 1.80 bits per heavy atom. The van der Waals surface area contributed by atoms with E-state index in [0.717, 1.165) is 0 Å². The Bertz CT molecular complexity index is 422. The summed E-state index contributed by atoms with van der Waals surface area (Å²) in [6.45, 7) is 0.981. The molecule has 0 bridgehead atoms. The van der Waals surface area contributed by atoms with Gasteiger partial charge in [-0.15, -0.1) is 0 Å². The average Bonchev–Trinajstić information content (AvgIpc) is 2.15. The standard InChI is InChI=1S/C10H10O5/c1-5-7(9(12)13)3-2-6(4-11)8(5)10(14)15/h2-3,11H,4H2,1H3,(H,12,13)(H,14,15). The molecule has 0 unspecified atom stereocenters. The molecule has 0 saturated heterocycles. The molecular weight excluding hydrogens is 200 g/mol. The van der Waals surface area contributed by atoms with Crippen LogP contribution in [0.25, 0.3) is 0 Å². The lowest BCUT2D eigenvalue weighted by molar-refractivity contribution is 0.0692. The van der Waals surface area contributed by atoms with E-state index in [4.69, 9.17) is 15.3 Å². The number of benzene rings is 1. The third kappa shape index (κ3) is 1.97. The van der Waals surface area contributed by atoms with Crippen molar-refractivity contribution in [3.63, 3.8) is 0 Å². The molecule has 1 aromatic rings. The number of hydrogen-bond donors (Lipinski definition) is 3. The van der Waals surface area contributed by atoms with Crippen molar-refractivity contribution in [3.8, 4) is 0 Å². The number of aliphatic hydroxyl groups is 1. The zero-order valence-corrected chi connectivity index (χ0v) is 8.02. The van der Waals surface area contributed by atoms with Gasteiger partial charge < -0.3 is 15.3 Å². The lowest BCUT2D eigenvalue weighted by atomic mass is 9.97. The van der Waals surface area contributed by atoms with Crippen LogP contribution < -0.4 is 0 Å². The Hall–Kier alpha value is -1.88. The summed E-state index contributed by atoms with van der Waals surface area (Å²) in [6.07, 6.45) is 0. The largest absolute Gasteiger partial charge is 0.478 e. The quantitative estimate of drug-likeness (QED) is 0.688. The van der Waals surface area contributed by atoms with Crippen molar-refractivity contribution in [2.45, 2.75) is 13.5 Å². The summed E-state index contributed by atoms with van der Waals surface area (Å²) in [7, 11) is 0. The van der Waals surface area contributed by atoms with Crippen LogP contribution in [-0.4, -0.2) is 27.3 Å². The fourth-order valence-electron chi connectivity index (χ4n) is 1.43. The second-order valence-electron chi connectivity index (χ2n) is 3.04. The van der Waals surface area contributed by atoms with E-state index in [9.17, 15) is 9.59 Å². The van der Waals surface area contributed by atoms with Crippen molar-refractivity contribution >= 4 is 11.9 Å². The molecule has 0 spiro atoms. The van der Waals surface area contributed by atoms with Gasteiger partial charge in [-0.25, -0.2) is 9.59 Å². The monoisotopic (exact) mass is 210 g/mol. The summed E-state index contributed by atoms with van der Waals surface area (Å²) in [4.78, 5) is 21.6. The molecule has 0 saturated carbocycles. The molecule has 0 aliphatic heterocycles. The van der Waals surface area contributed by atoms with Crippen LogP contribution in [0.1, 0.15) is 31.8 Å². The third-order valence-corrected chi connectivity index (χ3v) is 2.17. The third-order valence-electron chi connectivity index (χ3n) is 2.17. The van der Waals surface area contributed by atoms with Gasteiger partial charge in [-0.1, -0.05) is 6.07 Å². The summed E-state index contributed by atoms with van der Waals surface area (Å²) in [5.74, 6) is -2.42. The van der Waals surface area contributed by atoms with Gasteiger partial charge >= 0.3 is 11.9 Å². The molecule has 3 N–H and O–H groups in total. The van der Waals surface area contributed by atoms with Gasteiger partial charge in [0.2, 0.25) is 0 Å². The summed E-state index contributed by atoms with van der Waals surface area (Å²) < 4.78 is 0. The first-order chi connectivity index (χ1) is 6.99. The van der Waals surface area contributed by atoms with Crippen LogP contribution in [0.2, 0.25) is 0 Å². The molecule has 0 heterocycles. The van der Waals surface area contributed by atoms with Crippen molar-refractivity contribution in [1.29, 1.82) is 0 Å². The van der Waals surface area contributed by atoms with E-state index in [1.165, 1.54) is 19.1 Å². The van der Waals surface area contributed by atoms with Gasteiger partial charge in [-0.05, 0) is 24.1 Å². The van der Waals surface area contributed by atoms with Gasteiger partial charge in [-0.2, -0.15) is 0 Å². The zero-order valence-electron chi connectivity index (χ0n) is 8.02. The fraction of sp³-hybridized carbons (Fsp3) is 0.200. The number of aromatic carboxylic acids is 2. The van der Waals surface area contributed by atoms with E-state index >= 15 is 0 Å². The maximum Gasteiger partial charge on any atom is 0.336 e. The zero-order chi connectivity index (χ0) is 11.6. The maximum absolute atomic E-state index is 10.9. The molecule has 1 aromatic carbocycles. The molecule has 0 atom stereocenters. The van der Waals surface area contributed by atoms with Gasteiger partial charge in [0, 0.05) is 0 Å². The number of carbonyl (C=O) groups is 2. The smallest absolute Gasteiger partial charge is 0.336 e. The highest BCUT2D eigenvalue weighted by Crippen LogP contribution is 2.19. The van der Waals surface area contributed by atoms with Crippen molar-refractivity contribution in [2.24, 2.45) is 0 Å². The molecule has 80 valence electrons. The van der Waals surface area contributed by atoms with Gasteiger partial charge in [0.05, 0.1) is 17.7 Å². The average molecular weight is 210 g/mol. The minimum atomic E-state index is -1.24. The maximum atomic E-state index is 10.9. The molecule has 0 fully saturated rings. The fourth-order valence-corrected chi connectivity index (χ4v) is 1.43. The predicted molar refractivity (Wildman–Crippen MR) is 51.0 cm³/mol. The molecule has 0 amide bonds. The number of hydrogen-bond acceptors (Lipinski definition) is 3. The highest BCUT2D eigenvalue weighted by atomic mass is 16.4. The molecular formula is C10H10O5. The molecule has 1 rings (SSSR count). The Labute approximate surface area is 85.6 Å². The molecule has 0 aliphatic rings. The number of aliphatic hydroxyl groups excluding tert-OH is 1. The van der Waals surface area contributed by atoms with Crippen LogP contribution in [-0.2, 0) is 6.61 Å². The number of rotatable bonds is 3. The van der Waals surface area contributed by atoms with Crippen molar-refractivity contribution < 1.29 is 24.9 Å². The lowest BCUT2D eigenvalue weighted by Gasteiger charge is -2.09. The van der Waals surface area contributed by atoms with Crippen LogP contribution in [0, 0.1) is 6.92 Å². The summed E-state index contributed by atoms with van der Waals surface area (Å²) >= 11 is 0. The van der Waals surface area contributed by atoms with Crippen LogP contribution in [0.5, 0.6) is 0 Å². The molecule has 5 nitrogen and oxygen atoms in total. The van der Waals surface area contributed by atoms with E-state index in [2.05, 4.69) is 0 Å². The highest BCUT2D eigenvalue weighted by molar-refractivity contribution is 5.97. The Balaban J connectivity index is 3.49. The second kappa shape index (κ2) is 4.10. The molecule has 0 radical (unpaired) electrons. The van der Waals surface area contributed by atoms with Gasteiger partial charge in [0.1, 0.15) is 0 Å². The van der Waals surface area contributed by atoms with E-state index in [0.29, 0.717) is 0 Å². The van der Waals surface area contributed by atoms with Crippen LogP contribution in [0.4, 0.5) is 0 Å². The Morgan fingerprint density at radius 1 is 1.20 bits per heavy atom. The van der Waals surface area contributed by atoms with Crippen LogP contribution in [0.15, 0.2) is 12.1 Å². The Kier molecular flexibility index (Phi) is 3.06. The van der Waals surface area contributed by atoms with Crippen molar-refractivity contribution in [3.05, 3.63) is 34.4 Å². The number of carboxylic acids is 2. The topological polar surface area (TPSA) is 94.8 Å². The minimum Gasteiger partial charge on any atom is -0.478 e. The lowest BCUT2D eigenvalue weighted by Crippen LogP contribution is -2.10. The molecule has 5 heteroatoms. The first kappa shape index (κ1) is 11.2. The first-order valence-corrected chi connectivity index (χ1v) is 4.19.